The van der Waals surface area contributed by atoms with E-state index < -0.39 is 0 Å². The van der Waals surface area contributed by atoms with Crippen LogP contribution in [0.5, 0.6) is 0 Å². The third kappa shape index (κ3) is 3.37. The van der Waals surface area contributed by atoms with Crippen molar-refractivity contribution in [1.82, 2.24) is 19.2 Å². The number of aromatic nitrogens is 2. The highest BCUT2D eigenvalue weighted by atomic mass is 16.2. The van der Waals surface area contributed by atoms with E-state index in [1.54, 1.807) is 0 Å². The zero-order valence-corrected chi connectivity index (χ0v) is 16.2. The van der Waals surface area contributed by atoms with E-state index in [-0.39, 0.29) is 5.91 Å². The van der Waals surface area contributed by atoms with Crippen LogP contribution >= 0.6 is 0 Å². The summed E-state index contributed by atoms with van der Waals surface area (Å²) in [4.78, 5) is 22.7. The smallest absolute Gasteiger partial charge is 0.272 e. The van der Waals surface area contributed by atoms with Crippen molar-refractivity contribution in [2.24, 2.45) is 11.8 Å². The average Bonchev–Trinajstić information content (AvgIpc) is 3.39. The van der Waals surface area contributed by atoms with Gasteiger partial charge in [0, 0.05) is 38.4 Å². The Morgan fingerprint density at radius 2 is 2.08 bits per heavy atom. The summed E-state index contributed by atoms with van der Waals surface area (Å²) in [7, 11) is 0. The molecular formula is C21H30N4O. The highest BCUT2D eigenvalue weighted by Crippen LogP contribution is 2.32. The summed E-state index contributed by atoms with van der Waals surface area (Å²) in [6.45, 7) is 10.5. The lowest BCUT2D eigenvalue weighted by molar-refractivity contribution is 0.0697. The van der Waals surface area contributed by atoms with Gasteiger partial charge in [0.15, 0.2) is 0 Å². The number of imidazole rings is 1. The van der Waals surface area contributed by atoms with E-state index in [2.05, 4.69) is 28.6 Å². The molecule has 1 atom stereocenters. The summed E-state index contributed by atoms with van der Waals surface area (Å²) < 4.78 is 1.94. The molecule has 5 nitrogen and oxygen atoms in total. The van der Waals surface area contributed by atoms with Gasteiger partial charge in [-0.2, -0.15) is 0 Å². The van der Waals surface area contributed by atoms with Gasteiger partial charge < -0.3 is 4.90 Å². The number of carbonyl (C=O) groups is 1. The van der Waals surface area contributed by atoms with Crippen LogP contribution in [0.3, 0.4) is 0 Å². The number of pyridine rings is 1. The molecule has 0 spiro atoms. The third-order valence-electron chi connectivity index (χ3n) is 5.90. The Morgan fingerprint density at radius 3 is 2.81 bits per heavy atom. The number of hydrogen-bond donors (Lipinski definition) is 0. The van der Waals surface area contributed by atoms with E-state index in [0.29, 0.717) is 12.0 Å². The number of nitrogens with zero attached hydrogens (tertiary/aromatic N) is 4. The quantitative estimate of drug-likeness (QED) is 0.846. The van der Waals surface area contributed by atoms with Gasteiger partial charge in [-0.05, 0) is 50.2 Å². The SMILES string of the molecule is Cc1nc2ccccn2c1C(=O)N1CCCN(CC2CC2)C(C(C)C)C1. The van der Waals surface area contributed by atoms with Gasteiger partial charge in [-0.1, -0.05) is 19.9 Å². The summed E-state index contributed by atoms with van der Waals surface area (Å²) >= 11 is 0. The van der Waals surface area contributed by atoms with E-state index in [1.807, 2.05) is 35.7 Å². The Labute approximate surface area is 156 Å². The molecule has 3 heterocycles. The Bertz CT molecular complexity index is 792. The number of hydrogen-bond acceptors (Lipinski definition) is 3. The summed E-state index contributed by atoms with van der Waals surface area (Å²) in [6, 6.07) is 6.33. The van der Waals surface area contributed by atoms with E-state index in [9.17, 15) is 4.79 Å². The van der Waals surface area contributed by atoms with Gasteiger partial charge in [-0.15, -0.1) is 0 Å². The second-order valence-corrected chi connectivity index (χ2v) is 8.33. The van der Waals surface area contributed by atoms with Gasteiger partial charge >= 0.3 is 0 Å². The minimum Gasteiger partial charge on any atom is -0.336 e. The Kier molecular flexibility index (Phi) is 4.74. The molecule has 1 aliphatic heterocycles. The predicted molar refractivity (Wildman–Crippen MR) is 103 cm³/mol. The fourth-order valence-electron chi connectivity index (χ4n) is 4.26. The van der Waals surface area contributed by atoms with Crippen LogP contribution in [0.4, 0.5) is 0 Å². The van der Waals surface area contributed by atoms with Crippen molar-refractivity contribution in [2.45, 2.75) is 46.1 Å². The van der Waals surface area contributed by atoms with Crippen LogP contribution < -0.4 is 0 Å². The first-order valence-corrected chi connectivity index (χ1v) is 10.0. The van der Waals surface area contributed by atoms with Gasteiger partial charge in [-0.3, -0.25) is 14.1 Å². The van der Waals surface area contributed by atoms with Crippen molar-refractivity contribution in [3.63, 3.8) is 0 Å². The minimum atomic E-state index is 0.125. The standard InChI is InChI=1S/C21H30N4O/c1-15(2)18-14-24(11-6-10-23(18)13-17-8-9-17)21(26)20-16(3)22-19-7-4-5-12-25(19)20/h4-5,7,12,15,17-18H,6,8-11,13-14H2,1-3H3. The second kappa shape index (κ2) is 7.03. The van der Waals surface area contributed by atoms with Crippen LogP contribution in [0.2, 0.25) is 0 Å². The Balaban J connectivity index is 1.59. The highest BCUT2D eigenvalue weighted by Gasteiger charge is 2.34. The zero-order valence-electron chi connectivity index (χ0n) is 16.2. The number of amides is 1. The first-order chi connectivity index (χ1) is 12.5. The molecule has 2 aromatic rings. The van der Waals surface area contributed by atoms with Crippen molar-refractivity contribution in [3.05, 3.63) is 35.8 Å². The van der Waals surface area contributed by atoms with Gasteiger partial charge in [0.2, 0.25) is 0 Å². The van der Waals surface area contributed by atoms with E-state index in [0.717, 1.165) is 49.0 Å². The molecule has 140 valence electrons. The van der Waals surface area contributed by atoms with Crippen LogP contribution in [0.25, 0.3) is 5.65 Å². The van der Waals surface area contributed by atoms with Crippen molar-refractivity contribution >= 4 is 11.6 Å². The molecule has 0 radical (unpaired) electrons. The van der Waals surface area contributed by atoms with Crippen LogP contribution in [0.1, 0.15) is 49.3 Å². The molecule has 5 heteroatoms. The monoisotopic (exact) mass is 354 g/mol. The second-order valence-electron chi connectivity index (χ2n) is 8.33. The molecule has 2 fully saturated rings. The minimum absolute atomic E-state index is 0.125. The number of carbonyl (C=O) groups excluding carboxylic acids is 1. The van der Waals surface area contributed by atoms with Gasteiger partial charge in [0.1, 0.15) is 11.3 Å². The Morgan fingerprint density at radius 1 is 1.27 bits per heavy atom. The topological polar surface area (TPSA) is 40.9 Å². The summed E-state index contributed by atoms with van der Waals surface area (Å²) in [5.41, 5.74) is 2.39. The molecule has 1 saturated heterocycles. The van der Waals surface area contributed by atoms with Crippen molar-refractivity contribution in [2.75, 3.05) is 26.2 Å². The van der Waals surface area contributed by atoms with Gasteiger partial charge in [0.25, 0.3) is 5.91 Å². The molecule has 4 rings (SSSR count). The molecule has 1 saturated carbocycles. The first kappa shape index (κ1) is 17.5. The molecule has 2 aromatic heterocycles. The predicted octanol–water partition coefficient (Wildman–Crippen LogP) is 3.23. The molecule has 26 heavy (non-hydrogen) atoms. The third-order valence-corrected chi connectivity index (χ3v) is 5.90. The van der Waals surface area contributed by atoms with E-state index in [4.69, 9.17) is 0 Å². The van der Waals surface area contributed by atoms with E-state index in [1.165, 1.54) is 19.4 Å². The first-order valence-electron chi connectivity index (χ1n) is 10.0. The molecule has 1 aliphatic carbocycles. The molecular weight excluding hydrogens is 324 g/mol. The number of aryl methyl sites for hydroxylation is 1. The fraction of sp³-hybridized carbons (Fsp3) is 0.619. The molecule has 1 amide bonds. The largest absolute Gasteiger partial charge is 0.336 e. The maximum Gasteiger partial charge on any atom is 0.272 e. The molecule has 0 bridgehead atoms. The normalized spacial score (nSPS) is 22.2. The van der Waals surface area contributed by atoms with Gasteiger partial charge in [-0.25, -0.2) is 4.98 Å². The Hall–Kier alpha value is -1.88. The van der Waals surface area contributed by atoms with Crippen LogP contribution in [0.15, 0.2) is 24.4 Å². The maximum absolute atomic E-state index is 13.4. The summed E-state index contributed by atoms with van der Waals surface area (Å²) in [5, 5.41) is 0. The van der Waals surface area contributed by atoms with E-state index >= 15 is 0 Å². The lowest BCUT2D eigenvalue weighted by Gasteiger charge is -2.34. The average molecular weight is 354 g/mol. The number of rotatable bonds is 4. The van der Waals surface area contributed by atoms with Crippen molar-refractivity contribution in [3.8, 4) is 0 Å². The molecule has 1 unspecified atom stereocenters. The maximum atomic E-state index is 13.4. The summed E-state index contributed by atoms with van der Waals surface area (Å²) in [5.74, 6) is 1.56. The molecule has 2 aliphatic rings. The lowest BCUT2D eigenvalue weighted by Crippen LogP contribution is -2.46. The highest BCUT2D eigenvalue weighted by molar-refractivity contribution is 5.94. The van der Waals surface area contributed by atoms with Crippen LogP contribution in [0, 0.1) is 18.8 Å². The van der Waals surface area contributed by atoms with Crippen molar-refractivity contribution < 1.29 is 4.79 Å². The number of fused-ring (bicyclic) bond motifs is 1. The lowest BCUT2D eigenvalue weighted by atomic mass is 10.0. The fourth-order valence-corrected chi connectivity index (χ4v) is 4.26. The zero-order chi connectivity index (χ0) is 18.3. The van der Waals surface area contributed by atoms with Gasteiger partial charge in [0.05, 0.1) is 5.69 Å². The molecule has 0 N–H and O–H groups in total. The van der Waals surface area contributed by atoms with Crippen molar-refractivity contribution in [1.29, 1.82) is 0 Å². The van der Waals surface area contributed by atoms with Crippen LogP contribution in [-0.4, -0.2) is 57.3 Å². The van der Waals surface area contributed by atoms with Crippen LogP contribution in [-0.2, 0) is 0 Å². The molecule has 0 aromatic carbocycles. The summed E-state index contributed by atoms with van der Waals surface area (Å²) in [6.07, 6.45) is 5.76.